The van der Waals surface area contributed by atoms with Crippen molar-refractivity contribution in [2.75, 3.05) is 18.9 Å². The van der Waals surface area contributed by atoms with Gasteiger partial charge in [-0.05, 0) is 48.9 Å². The molecular formula is C35H45N5O10S2. The molecule has 0 bridgehead atoms. The average Bonchev–Trinajstić information content (AvgIpc) is 3.62. The Hall–Kier alpha value is -4.45. The van der Waals surface area contributed by atoms with Crippen LogP contribution in [0.15, 0.2) is 54.6 Å². The van der Waals surface area contributed by atoms with E-state index in [-0.39, 0.29) is 43.7 Å². The largest absolute Gasteiger partial charge is 0.508 e. The molecule has 0 saturated carbocycles. The van der Waals surface area contributed by atoms with Gasteiger partial charge in [-0.2, -0.15) is 25.3 Å². The topological polar surface area (TPSA) is 260 Å². The molecular weight excluding hydrogens is 715 g/mol. The fraction of sp³-hybridized carbons (Fsp3) is 0.457. The molecule has 1 aliphatic rings. The lowest BCUT2D eigenvalue weighted by atomic mass is 9.90. The number of rotatable bonds is 20. The van der Waals surface area contributed by atoms with Gasteiger partial charge in [0.2, 0.25) is 23.6 Å². The first-order valence-electron chi connectivity index (χ1n) is 16.6. The summed E-state index contributed by atoms with van der Waals surface area (Å²) in [6, 6.07) is 9.71. The molecule has 0 aliphatic carbocycles. The van der Waals surface area contributed by atoms with Crippen LogP contribution in [0.5, 0.6) is 5.75 Å². The third-order valence-electron chi connectivity index (χ3n) is 8.89. The second kappa shape index (κ2) is 20.0. The number of aliphatic carboxylic acids is 1. The van der Waals surface area contributed by atoms with E-state index in [1.165, 1.54) is 17.0 Å². The maximum absolute atomic E-state index is 14.0. The van der Waals surface area contributed by atoms with Crippen molar-refractivity contribution in [3.63, 3.8) is 0 Å². The fourth-order valence-electron chi connectivity index (χ4n) is 5.94. The number of hydrogen-bond donors (Lipinski definition) is 9. The van der Waals surface area contributed by atoms with Gasteiger partial charge >= 0.3 is 5.97 Å². The Balaban J connectivity index is 1.78. The second-order valence-corrected chi connectivity index (χ2v) is 13.6. The highest BCUT2D eigenvalue weighted by Gasteiger charge is 2.40. The van der Waals surface area contributed by atoms with Crippen molar-refractivity contribution in [1.82, 2.24) is 15.5 Å². The van der Waals surface area contributed by atoms with Crippen LogP contribution in [0.4, 0.5) is 0 Å². The van der Waals surface area contributed by atoms with Crippen LogP contribution in [0.2, 0.25) is 0 Å². The van der Waals surface area contributed by atoms with E-state index in [2.05, 4.69) is 35.9 Å². The number of benzene rings is 2. The highest BCUT2D eigenvalue weighted by atomic mass is 32.1. The number of hydrogen-bond acceptors (Lipinski definition) is 12. The van der Waals surface area contributed by atoms with Gasteiger partial charge in [-0.1, -0.05) is 42.5 Å². The first kappa shape index (κ1) is 42.0. The molecule has 0 aromatic heterocycles. The summed E-state index contributed by atoms with van der Waals surface area (Å²) in [5.74, 6) is -7.74. The van der Waals surface area contributed by atoms with Crippen molar-refractivity contribution in [3.8, 4) is 5.75 Å². The van der Waals surface area contributed by atoms with Gasteiger partial charge in [0.05, 0.1) is 18.7 Å². The zero-order valence-electron chi connectivity index (χ0n) is 28.3. The number of carbonyl (C=O) groups is 7. The monoisotopic (exact) mass is 759 g/mol. The van der Waals surface area contributed by atoms with Crippen LogP contribution in [0.3, 0.4) is 0 Å². The van der Waals surface area contributed by atoms with Crippen molar-refractivity contribution in [3.05, 3.63) is 65.7 Å². The van der Waals surface area contributed by atoms with E-state index in [0.29, 0.717) is 12.0 Å². The number of carboxylic acid groups (broad SMARTS) is 1. The number of carboxylic acids is 1. The summed E-state index contributed by atoms with van der Waals surface area (Å²) in [5, 5.41) is 31.9. The molecule has 9 N–H and O–H groups in total. The summed E-state index contributed by atoms with van der Waals surface area (Å²) in [6.07, 6.45) is 0.0235. The minimum atomic E-state index is -1.48. The number of phenolic OH excluding ortho intramolecular Hbond substituents is 1. The van der Waals surface area contributed by atoms with Crippen LogP contribution in [0.25, 0.3) is 0 Å². The Bertz CT molecular complexity index is 1600. The smallest absolute Gasteiger partial charge is 0.318 e. The molecule has 4 amide bonds. The molecule has 52 heavy (non-hydrogen) atoms. The SMILES string of the molecule is NC(=O)[C@H](CO)NC(=O)[C@@H](CC(=O)[C@H](CS)NC(=O)[C@@H]1CCCN1C(=O)[C@@H](CC(=O)[C@@H](N)[C@@H](S)C(=O)O)Cc1ccccc1)Cc1ccc(O)cc1. The van der Waals surface area contributed by atoms with Gasteiger partial charge in [0.15, 0.2) is 11.6 Å². The molecule has 0 unspecified atom stereocenters. The van der Waals surface area contributed by atoms with E-state index < -0.39 is 95.4 Å². The van der Waals surface area contributed by atoms with Crippen molar-refractivity contribution < 1.29 is 48.9 Å². The highest BCUT2D eigenvalue weighted by molar-refractivity contribution is 7.81. The minimum absolute atomic E-state index is 0.00147. The first-order valence-corrected chi connectivity index (χ1v) is 17.8. The van der Waals surface area contributed by atoms with Gasteiger partial charge in [0, 0.05) is 37.0 Å². The number of likely N-dealkylation sites (tertiary alicyclic amines) is 1. The highest BCUT2D eigenvalue weighted by Crippen LogP contribution is 2.25. The number of nitrogens with one attached hydrogen (secondary N) is 2. The summed E-state index contributed by atoms with van der Waals surface area (Å²) in [7, 11) is 0. The zero-order chi connectivity index (χ0) is 38.5. The third-order valence-corrected chi connectivity index (χ3v) is 9.80. The number of aliphatic hydroxyl groups excluding tert-OH is 1. The predicted molar refractivity (Wildman–Crippen MR) is 195 cm³/mol. The Morgan fingerprint density at radius 1 is 0.865 bits per heavy atom. The van der Waals surface area contributed by atoms with Crippen molar-refractivity contribution >= 4 is 66.4 Å². The van der Waals surface area contributed by atoms with Crippen LogP contribution in [0.1, 0.15) is 36.8 Å². The second-order valence-electron chi connectivity index (χ2n) is 12.7. The number of amides is 4. The first-order chi connectivity index (χ1) is 24.7. The average molecular weight is 760 g/mol. The van der Waals surface area contributed by atoms with E-state index in [4.69, 9.17) is 11.5 Å². The lowest BCUT2D eigenvalue weighted by Gasteiger charge is -2.30. The van der Waals surface area contributed by atoms with Gasteiger partial charge in [-0.3, -0.25) is 33.6 Å². The molecule has 7 atom stereocenters. The number of nitrogens with two attached hydrogens (primary N) is 2. The third kappa shape index (κ3) is 11.8. The van der Waals surface area contributed by atoms with Crippen LogP contribution in [0, 0.1) is 11.8 Å². The molecule has 0 radical (unpaired) electrons. The standard InChI is InChI=1S/C35H45N5O10S2/c36-29(30(52)35(49)50)28(44)16-22(14-19-5-2-1-3-6-19)34(48)40-12-4-7-26(40)33(47)39-25(18-51)27(43)15-21(13-20-8-10-23(42)11-9-20)32(46)38-24(17-41)31(37)45/h1-3,5-6,8-11,21-22,24-26,29-30,41-42,51-52H,4,7,12-18,36H2,(H2,37,45)(H,38,46)(H,39,47)(H,49,50)/t21-,22-,24+,25+,26+,29-,30-/m1/s1. The van der Waals surface area contributed by atoms with Crippen molar-refractivity contribution in [2.45, 2.75) is 67.9 Å². The molecule has 3 rings (SSSR count). The molecule has 0 spiro atoms. The van der Waals surface area contributed by atoms with E-state index in [1.54, 1.807) is 42.5 Å². The molecule has 1 heterocycles. The van der Waals surface area contributed by atoms with Crippen LogP contribution >= 0.6 is 25.3 Å². The molecule has 1 fully saturated rings. The van der Waals surface area contributed by atoms with E-state index in [9.17, 15) is 48.9 Å². The van der Waals surface area contributed by atoms with E-state index >= 15 is 0 Å². The number of Topliss-reactive ketones (excluding diaryl/α,β-unsaturated/α-hetero) is 2. The van der Waals surface area contributed by atoms with Crippen molar-refractivity contribution in [1.29, 1.82) is 0 Å². The van der Waals surface area contributed by atoms with E-state index in [1.807, 2.05) is 0 Å². The summed E-state index contributed by atoms with van der Waals surface area (Å²) in [6.45, 7) is -0.578. The Labute approximate surface area is 311 Å². The normalized spacial score (nSPS) is 17.5. The van der Waals surface area contributed by atoms with Crippen LogP contribution in [-0.2, 0) is 46.4 Å². The van der Waals surface area contributed by atoms with Gasteiger partial charge in [-0.15, -0.1) is 0 Å². The molecule has 282 valence electrons. The summed E-state index contributed by atoms with van der Waals surface area (Å²) < 4.78 is 0. The van der Waals surface area contributed by atoms with Crippen LogP contribution in [-0.4, -0.2) is 110 Å². The number of thiol groups is 2. The van der Waals surface area contributed by atoms with Gasteiger partial charge in [0.25, 0.3) is 0 Å². The lowest BCUT2D eigenvalue weighted by molar-refractivity contribution is -0.143. The summed E-state index contributed by atoms with van der Waals surface area (Å²) in [5.41, 5.74) is 12.4. The lowest BCUT2D eigenvalue weighted by Crippen LogP contribution is -2.53. The minimum Gasteiger partial charge on any atom is -0.508 e. The number of aliphatic hydroxyl groups is 1. The number of aromatic hydroxyl groups is 1. The number of ketones is 2. The Kier molecular flexibility index (Phi) is 16.1. The Morgan fingerprint density at radius 3 is 2.04 bits per heavy atom. The number of carbonyl (C=O) groups excluding carboxylic acids is 6. The molecule has 15 nitrogen and oxygen atoms in total. The summed E-state index contributed by atoms with van der Waals surface area (Å²) >= 11 is 8.18. The molecule has 17 heteroatoms. The quantitative estimate of drug-likeness (QED) is 0.0771. The Morgan fingerprint density at radius 2 is 1.46 bits per heavy atom. The summed E-state index contributed by atoms with van der Waals surface area (Å²) in [4.78, 5) is 92.0. The van der Waals surface area contributed by atoms with Gasteiger partial charge in [0.1, 0.15) is 23.1 Å². The van der Waals surface area contributed by atoms with E-state index in [0.717, 1.165) is 5.56 Å². The van der Waals surface area contributed by atoms with Gasteiger partial charge in [-0.25, -0.2) is 0 Å². The predicted octanol–water partition coefficient (Wildman–Crippen LogP) is -0.593. The zero-order valence-corrected chi connectivity index (χ0v) is 30.1. The maximum atomic E-state index is 14.0. The van der Waals surface area contributed by atoms with Crippen LogP contribution < -0.4 is 22.1 Å². The maximum Gasteiger partial charge on any atom is 0.318 e. The molecule has 2 aromatic carbocycles. The fourth-order valence-corrected chi connectivity index (χ4v) is 6.40. The molecule has 1 aliphatic heterocycles. The number of primary amides is 1. The van der Waals surface area contributed by atoms with Gasteiger partial charge < -0.3 is 42.3 Å². The molecule has 2 aromatic rings. The van der Waals surface area contributed by atoms with Crippen molar-refractivity contribution in [2.24, 2.45) is 23.3 Å². The number of phenols is 1. The number of nitrogens with zero attached hydrogens (tertiary/aromatic N) is 1. The molecule has 1 saturated heterocycles.